The Morgan fingerprint density at radius 1 is 1.26 bits per heavy atom. The summed E-state index contributed by atoms with van der Waals surface area (Å²) in [6.07, 6.45) is 2.37. The molecule has 2 rings (SSSR count). The Balaban J connectivity index is 2.20. The molecule has 0 aliphatic carbocycles. The minimum Gasteiger partial charge on any atom is -0.444 e. The van der Waals surface area contributed by atoms with Crippen molar-refractivity contribution in [2.24, 2.45) is 0 Å². The monoisotopic (exact) mass is 322 g/mol. The summed E-state index contributed by atoms with van der Waals surface area (Å²) in [6.45, 7) is 11.9. The highest BCUT2D eigenvalue weighted by Crippen LogP contribution is 2.34. The molecule has 2 aliphatic rings. The van der Waals surface area contributed by atoms with E-state index in [4.69, 9.17) is 4.74 Å². The second-order valence-electron chi connectivity index (χ2n) is 7.58. The Bertz CT molecular complexity index is 460. The summed E-state index contributed by atoms with van der Waals surface area (Å²) in [5.74, 6) is 0. The van der Waals surface area contributed by atoms with Gasteiger partial charge in [-0.05, 0) is 53.5 Å². The van der Waals surface area contributed by atoms with Gasteiger partial charge in [-0.1, -0.05) is 0 Å². The van der Waals surface area contributed by atoms with Gasteiger partial charge in [0.1, 0.15) is 11.1 Å². The standard InChI is InChI=1S/C17H30N4O2/c1-14-17(13-18,20-10-6-8-19-9-12-20)7-5-11-21(14)15(22)23-16(2,3)4/h14,19H,5-12H2,1-4H3. The van der Waals surface area contributed by atoms with E-state index in [9.17, 15) is 10.1 Å². The molecule has 6 heteroatoms. The molecule has 2 fully saturated rings. The van der Waals surface area contributed by atoms with Crippen LogP contribution in [-0.4, -0.2) is 65.8 Å². The van der Waals surface area contributed by atoms with Gasteiger partial charge in [0.2, 0.25) is 0 Å². The van der Waals surface area contributed by atoms with E-state index in [1.165, 1.54) is 0 Å². The van der Waals surface area contributed by atoms with Crippen LogP contribution >= 0.6 is 0 Å². The zero-order valence-corrected chi connectivity index (χ0v) is 14.9. The van der Waals surface area contributed by atoms with Gasteiger partial charge in [-0.25, -0.2) is 4.79 Å². The number of nitrogens with zero attached hydrogens (tertiary/aromatic N) is 3. The Morgan fingerprint density at radius 3 is 2.65 bits per heavy atom. The normalized spacial score (nSPS) is 30.4. The van der Waals surface area contributed by atoms with Crippen molar-refractivity contribution < 1.29 is 9.53 Å². The molecular weight excluding hydrogens is 292 g/mol. The maximum absolute atomic E-state index is 12.5. The molecule has 2 saturated heterocycles. The molecule has 0 saturated carbocycles. The topological polar surface area (TPSA) is 68.6 Å². The molecule has 1 amide bonds. The summed E-state index contributed by atoms with van der Waals surface area (Å²) >= 11 is 0. The van der Waals surface area contributed by atoms with Crippen molar-refractivity contribution in [1.82, 2.24) is 15.1 Å². The molecule has 0 aromatic heterocycles. The molecule has 2 unspecified atom stereocenters. The van der Waals surface area contributed by atoms with Crippen molar-refractivity contribution in [2.45, 2.75) is 64.1 Å². The van der Waals surface area contributed by atoms with Gasteiger partial charge in [-0.3, -0.25) is 4.90 Å². The quantitative estimate of drug-likeness (QED) is 0.799. The van der Waals surface area contributed by atoms with E-state index >= 15 is 0 Å². The van der Waals surface area contributed by atoms with Crippen LogP contribution in [0.5, 0.6) is 0 Å². The number of nitrogens with one attached hydrogen (secondary N) is 1. The Hall–Kier alpha value is -1.32. The number of rotatable bonds is 1. The van der Waals surface area contributed by atoms with Crippen LogP contribution in [0.3, 0.4) is 0 Å². The van der Waals surface area contributed by atoms with Gasteiger partial charge in [0, 0.05) is 26.2 Å². The van der Waals surface area contributed by atoms with Crippen molar-refractivity contribution in [2.75, 3.05) is 32.7 Å². The van der Waals surface area contributed by atoms with Gasteiger partial charge in [-0.15, -0.1) is 0 Å². The minimum atomic E-state index is -0.610. The van der Waals surface area contributed by atoms with E-state index in [2.05, 4.69) is 16.3 Å². The maximum atomic E-state index is 12.5. The van der Waals surface area contributed by atoms with E-state index in [1.807, 2.05) is 27.7 Å². The van der Waals surface area contributed by atoms with Crippen molar-refractivity contribution in [3.8, 4) is 6.07 Å². The number of ether oxygens (including phenoxy) is 1. The lowest BCUT2D eigenvalue weighted by atomic mass is 9.81. The third-order valence-corrected chi connectivity index (χ3v) is 4.84. The summed E-state index contributed by atoms with van der Waals surface area (Å²) in [6, 6.07) is 2.39. The number of nitriles is 1. The van der Waals surface area contributed by atoms with Crippen LogP contribution in [-0.2, 0) is 4.74 Å². The van der Waals surface area contributed by atoms with Gasteiger partial charge < -0.3 is 15.0 Å². The molecular formula is C17H30N4O2. The van der Waals surface area contributed by atoms with Crippen LogP contribution in [0.1, 0.15) is 47.0 Å². The zero-order chi connectivity index (χ0) is 17.1. The molecule has 0 aromatic rings. The molecule has 2 aliphatic heterocycles. The predicted octanol–water partition coefficient (Wildman–Crippen LogP) is 1.96. The summed E-state index contributed by atoms with van der Waals surface area (Å²) in [4.78, 5) is 16.6. The summed E-state index contributed by atoms with van der Waals surface area (Å²) in [5, 5.41) is 13.4. The lowest BCUT2D eigenvalue weighted by Gasteiger charge is -2.49. The molecule has 23 heavy (non-hydrogen) atoms. The lowest BCUT2D eigenvalue weighted by molar-refractivity contribution is -0.0241. The van der Waals surface area contributed by atoms with Crippen LogP contribution in [0, 0.1) is 11.3 Å². The zero-order valence-electron chi connectivity index (χ0n) is 14.9. The molecule has 1 N–H and O–H groups in total. The first-order valence-corrected chi connectivity index (χ1v) is 8.67. The van der Waals surface area contributed by atoms with E-state index in [0.717, 1.165) is 45.4 Å². The number of likely N-dealkylation sites (tertiary alicyclic amines) is 1. The molecule has 130 valence electrons. The van der Waals surface area contributed by atoms with Crippen molar-refractivity contribution in [3.63, 3.8) is 0 Å². The highest BCUT2D eigenvalue weighted by Gasteiger charge is 2.49. The van der Waals surface area contributed by atoms with Gasteiger partial charge in [0.25, 0.3) is 0 Å². The van der Waals surface area contributed by atoms with Crippen LogP contribution in [0.15, 0.2) is 0 Å². The highest BCUT2D eigenvalue weighted by molar-refractivity contribution is 5.69. The Labute approximate surface area is 139 Å². The highest BCUT2D eigenvalue weighted by atomic mass is 16.6. The van der Waals surface area contributed by atoms with E-state index < -0.39 is 11.1 Å². The SMILES string of the molecule is CC1N(C(=O)OC(C)(C)C)CCCC1(C#N)N1CCCNCC1. The summed E-state index contributed by atoms with van der Waals surface area (Å²) in [7, 11) is 0. The number of piperidine rings is 1. The molecule has 0 aromatic carbocycles. The fourth-order valence-electron chi connectivity index (χ4n) is 3.64. The Kier molecular flexibility index (Phi) is 5.53. The number of hydrogen-bond acceptors (Lipinski definition) is 5. The average Bonchev–Trinajstić information content (AvgIpc) is 2.75. The number of amides is 1. The largest absolute Gasteiger partial charge is 0.444 e. The first-order chi connectivity index (χ1) is 10.8. The van der Waals surface area contributed by atoms with Crippen molar-refractivity contribution in [3.05, 3.63) is 0 Å². The fourth-order valence-corrected chi connectivity index (χ4v) is 3.64. The minimum absolute atomic E-state index is 0.172. The van der Waals surface area contributed by atoms with Crippen LogP contribution in [0.2, 0.25) is 0 Å². The van der Waals surface area contributed by atoms with Crippen LogP contribution < -0.4 is 5.32 Å². The molecule has 0 spiro atoms. The Morgan fingerprint density at radius 2 is 2.00 bits per heavy atom. The first kappa shape index (κ1) is 18.0. The smallest absolute Gasteiger partial charge is 0.410 e. The van der Waals surface area contributed by atoms with E-state index in [0.29, 0.717) is 6.54 Å². The fraction of sp³-hybridized carbons (Fsp3) is 0.882. The second kappa shape index (κ2) is 7.06. The lowest BCUT2D eigenvalue weighted by Crippen LogP contribution is -2.65. The van der Waals surface area contributed by atoms with Crippen molar-refractivity contribution >= 4 is 6.09 Å². The predicted molar refractivity (Wildman–Crippen MR) is 89.0 cm³/mol. The first-order valence-electron chi connectivity index (χ1n) is 8.67. The molecule has 0 bridgehead atoms. The molecule has 6 nitrogen and oxygen atoms in total. The average molecular weight is 322 g/mol. The van der Waals surface area contributed by atoms with Gasteiger partial charge in [-0.2, -0.15) is 5.26 Å². The maximum Gasteiger partial charge on any atom is 0.410 e. The number of carbonyl (C=O) groups excluding carboxylic acids is 1. The van der Waals surface area contributed by atoms with Gasteiger partial charge in [0.15, 0.2) is 0 Å². The van der Waals surface area contributed by atoms with Gasteiger partial charge in [0.05, 0.1) is 12.1 Å². The van der Waals surface area contributed by atoms with E-state index in [1.54, 1.807) is 4.90 Å². The number of carbonyl (C=O) groups is 1. The third kappa shape index (κ3) is 3.96. The van der Waals surface area contributed by atoms with Crippen LogP contribution in [0.25, 0.3) is 0 Å². The summed E-state index contributed by atoms with van der Waals surface area (Å²) in [5.41, 5.74) is -1.13. The van der Waals surface area contributed by atoms with E-state index in [-0.39, 0.29) is 12.1 Å². The van der Waals surface area contributed by atoms with Crippen LogP contribution in [0.4, 0.5) is 4.79 Å². The third-order valence-electron chi connectivity index (χ3n) is 4.84. The number of hydrogen-bond donors (Lipinski definition) is 1. The van der Waals surface area contributed by atoms with Gasteiger partial charge >= 0.3 is 6.09 Å². The second-order valence-corrected chi connectivity index (χ2v) is 7.58. The molecule has 2 heterocycles. The van der Waals surface area contributed by atoms with Crippen molar-refractivity contribution in [1.29, 1.82) is 5.26 Å². The molecule has 0 radical (unpaired) electrons. The molecule has 2 atom stereocenters. The summed E-state index contributed by atoms with van der Waals surface area (Å²) < 4.78 is 5.54.